The van der Waals surface area contributed by atoms with Gasteiger partial charge in [0.2, 0.25) is 0 Å². The molecular formula is C13H18N4OS. The minimum atomic E-state index is 0.150. The maximum Gasteiger partial charge on any atom is 0.183 e. The third-order valence-corrected chi connectivity index (χ3v) is 3.01. The van der Waals surface area contributed by atoms with Gasteiger partial charge in [0.15, 0.2) is 11.4 Å². The van der Waals surface area contributed by atoms with E-state index in [0.29, 0.717) is 11.7 Å². The minimum absolute atomic E-state index is 0.150. The van der Waals surface area contributed by atoms with Crippen LogP contribution in [-0.4, -0.2) is 41.6 Å². The first-order valence-corrected chi connectivity index (χ1v) is 7.08. The predicted molar refractivity (Wildman–Crippen MR) is 79.2 cm³/mol. The van der Waals surface area contributed by atoms with Crippen LogP contribution in [0.25, 0.3) is 0 Å². The topological polar surface area (TPSA) is 71.7 Å². The van der Waals surface area contributed by atoms with E-state index in [1.54, 1.807) is 0 Å². The number of nitrogens with one attached hydrogen (secondary N) is 1. The van der Waals surface area contributed by atoms with Crippen molar-refractivity contribution in [3.8, 4) is 6.19 Å². The lowest BCUT2D eigenvalue weighted by Gasteiger charge is -2.15. The molecule has 0 unspecified atom stereocenters. The van der Waals surface area contributed by atoms with E-state index in [-0.39, 0.29) is 6.61 Å². The Hall–Kier alpha value is -1.55. The third kappa shape index (κ3) is 5.75. The zero-order chi connectivity index (χ0) is 14.1. The predicted octanol–water partition coefficient (Wildman–Crippen LogP) is 1.53. The Morgan fingerprint density at radius 1 is 1.58 bits per heavy atom. The Balaban J connectivity index is 2.79. The van der Waals surface area contributed by atoms with Gasteiger partial charge in [-0.2, -0.15) is 5.26 Å². The number of aliphatic hydroxyl groups excluding tert-OH is 1. The number of amidine groups is 1. The highest BCUT2D eigenvalue weighted by Gasteiger charge is 2.01. The molecule has 0 aliphatic carbocycles. The molecule has 1 aromatic carbocycles. The Morgan fingerprint density at radius 3 is 3.00 bits per heavy atom. The van der Waals surface area contributed by atoms with Gasteiger partial charge in [-0.3, -0.25) is 10.2 Å². The van der Waals surface area contributed by atoms with Crippen molar-refractivity contribution in [1.82, 2.24) is 10.2 Å². The van der Waals surface area contributed by atoms with Gasteiger partial charge in [-0.25, -0.2) is 4.99 Å². The molecule has 5 nitrogen and oxygen atoms in total. The lowest BCUT2D eigenvalue weighted by atomic mass is 10.2. The molecule has 0 fully saturated rings. The number of thioether (sulfide) groups is 1. The summed E-state index contributed by atoms with van der Waals surface area (Å²) in [5.74, 6) is 0. The van der Waals surface area contributed by atoms with E-state index >= 15 is 0 Å². The number of hydrogen-bond donors (Lipinski definition) is 2. The molecular weight excluding hydrogens is 260 g/mol. The van der Waals surface area contributed by atoms with Gasteiger partial charge >= 0.3 is 0 Å². The summed E-state index contributed by atoms with van der Waals surface area (Å²) in [5, 5.41) is 20.6. The molecule has 0 amide bonds. The minimum Gasteiger partial charge on any atom is -0.395 e. The van der Waals surface area contributed by atoms with E-state index in [9.17, 15) is 0 Å². The maximum absolute atomic E-state index is 8.87. The highest BCUT2D eigenvalue weighted by atomic mass is 32.2. The zero-order valence-corrected chi connectivity index (χ0v) is 11.9. The second-order valence-corrected chi connectivity index (χ2v) is 4.78. The molecule has 0 aromatic heterocycles. The van der Waals surface area contributed by atoms with Crippen LogP contribution in [0.2, 0.25) is 0 Å². The largest absolute Gasteiger partial charge is 0.395 e. The van der Waals surface area contributed by atoms with Crippen LogP contribution in [0, 0.1) is 11.5 Å². The molecule has 0 saturated heterocycles. The quantitative estimate of drug-likeness (QED) is 0.370. The van der Waals surface area contributed by atoms with Gasteiger partial charge < -0.3 is 5.11 Å². The van der Waals surface area contributed by atoms with Crippen molar-refractivity contribution in [1.29, 1.82) is 5.26 Å². The summed E-state index contributed by atoms with van der Waals surface area (Å²) >= 11 is 1.39. The van der Waals surface area contributed by atoms with E-state index in [4.69, 9.17) is 10.4 Å². The first kappa shape index (κ1) is 15.5. The van der Waals surface area contributed by atoms with Gasteiger partial charge in [0.05, 0.1) is 12.3 Å². The van der Waals surface area contributed by atoms with Crippen molar-refractivity contribution in [2.45, 2.75) is 6.54 Å². The number of aliphatic imine (C=N–C) groups is 1. The van der Waals surface area contributed by atoms with Gasteiger partial charge in [-0.1, -0.05) is 23.9 Å². The van der Waals surface area contributed by atoms with Crippen molar-refractivity contribution in [3.05, 3.63) is 29.8 Å². The molecule has 0 spiro atoms. The number of benzene rings is 1. The van der Waals surface area contributed by atoms with Gasteiger partial charge in [0.1, 0.15) is 0 Å². The van der Waals surface area contributed by atoms with Crippen LogP contribution in [0.5, 0.6) is 0 Å². The van der Waals surface area contributed by atoms with E-state index in [1.807, 2.05) is 48.7 Å². The summed E-state index contributed by atoms with van der Waals surface area (Å²) < 4.78 is 0. The van der Waals surface area contributed by atoms with Crippen molar-refractivity contribution in [2.24, 2.45) is 4.99 Å². The average Bonchev–Trinajstić information content (AvgIpc) is 2.39. The van der Waals surface area contributed by atoms with Gasteiger partial charge in [0, 0.05) is 13.1 Å². The molecule has 102 valence electrons. The van der Waals surface area contributed by atoms with Crippen LogP contribution >= 0.6 is 11.8 Å². The Labute approximate surface area is 118 Å². The Morgan fingerprint density at radius 2 is 2.37 bits per heavy atom. The Kier molecular flexibility index (Phi) is 6.97. The van der Waals surface area contributed by atoms with Crippen LogP contribution in [-0.2, 0) is 6.54 Å². The Bertz CT molecular complexity index is 470. The van der Waals surface area contributed by atoms with Crippen molar-refractivity contribution in [2.75, 3.05) is 26.5 Å². The number of rotatable bonds is 5. The smallest absolute Gasteiger partial charge is 0.183 e. The van der Waals surface area contributed by atoms with Crippen molar-refractivity contribution >= 4 is 22.6 Å². The molecule has 0 aliphatic rings. The molecule has 0 heterocycles. The van der Waals surface area contributed by atoms with Crippen LogP contribution in [0.3, 0.4) is 0 Å². The SMILES string of the molecule is CSC(=Nc1cccc(CN(C)CCO)c1)NC#N. The highest BCUT2D eigenvalue weighted by Crippen LogP contribution is 2.16. The van der Waals surface area contributed by atoms with Crippen LogP contribution in [0.15, 0.2) is 29.3 Å². The normalized spacial score (nSPS) is 11.4. The highest BCUT2D eigenvalue weighted by molar-refractivity contribution is 8.13. The van der Waals surface area contributed by atoms with E-state index < -0.39 is 0 Å². The van der Waals surface area contributed by atoms with Crippen LogP contribution < -0.4 is 5.32 Å². The molecule has 0 aliphatic heterocycles. The van der Waals surface area contributed by atoms with Gasteiger partial charge in [-0.05, 0) is 31.0 Å². The second kappa shape index (κ2) is 8.53. The molecule has 0 bridgehead atoms. The number of hydrogen-bond acceptors (Lipinski definition) is 5. The van der Waals surface area contributed by atoms with Gasteiger partial charge in [-0.15, -0.1) is 0 Å². The lowest BCUT2D eigenvalue weighted by molar-refractivity contribution is 0.217. The monoisotopic (exact) mass is 278 g/mol. The zero-order valence-electron chi connectivity index (χ0n) is 11.1. The third-order valence-electron chi connectivity index (χ3n) is 2.43. The van der Waals surface area contributed by atoms with Gasteiger partial charge in [0.25, 0.3) is 0 Å². The van der Waals surface area contributed by atoms with Crippen LogP contribution in [0.1, 0.15) is 5.56 Å². The molecule has 0 atom stereocenters. The number of aliphatic hydroxyl groups is 1. The summed E-state index contributed by atoms with van der Waals surface area (Å²) in [4.78, 5) is 6.39. The molecule has 1 aromatic rings. The molecule has 2 N–H and O–H groups in total. The first-order chi connectivity index (χ1) is 9.19. The summed E-state index contributed by atoms with van der Waals surface area (Å²) in [5.41, 5.74) is 1.93. The van der Waals surface area contributed by atoms with Crippen molar-refractivity contribution in [3.63, 3.8) is 0 Å². The molecule has 19 heavy (non-hydrogen) atoms. The fourth-order valence-corrected chi connectivity index (χ4v) is 1.92. The summed E-state index contributed by atoms with van der Waals surface area (Å²) in [7, 11) is 1.96. The maximum atomic E-state index is 8.87. The number of nitriles is 1. The van der Waals surface area contributed by atoms with E-state index in [1.165, 1.54) is 11.8 Å². The fraction of sp³-hybridized carbons (Fsp3) is 0.385. The summed E-state index contributed by atoms with van der Waals surface area (Å²) in [6.07, 6.45) is 3.73. The summed E-state index contributed by atoms with van der Waals surface area (Å²) in [6.45, 7) is 1.54. The molecule has 0 saturated carbocycles. The molecule has 6 heteroatoms. The number of likely N-dealkylation sites (N-methyl/N-ethyl adjacent to an activating group) is 1. The van der Waals surface area contributed by atoms with E-state index in [0.717, 1.165) is 17.8 Å². The summed E-state index contributed by atoms with van der Waals surface area (Å²) in [6, 6.07) is 7.82. The standard InChI is InChI=1S/C13H18N4OS/c1-17(6-7-18)9-11-4-3-5-12(8-11)16-13(19-2)15-10-14/h3-5,8,18H,6-7,9H2,1-2H3,(H,15,16). The lowest BCUT2D eigenvalue weighted by Crippen LogP contribution is -2.21. The first-order valence-electron chi connectivity index (χ1n) is 5.85. The molecule has 0 radical (unpaired) electrons. The number of nitrogens with zero attached hydrogens (tertiary/aromatic N) is 3. The second-order valence-electron chi connectivity index (χ2n) is 3.99. The van der Waals surface area contributed by atoms with E-state index in [2.05, 4.69) is 10.3 Å². The van der Waals surface area contributed by atoms with Crippen LogP contribution in [0.4, 0.5) is 5.69 Å². The van der Waals surface area contributed by atoms with Crippen molar-refractivity contribution < 1.29 is 5.11 Å². The molecule has 1 rings (SSSR count). The average molecular weight is 278 g/mol. The fourth-order valence-electron chi connectivity index (χ4n) is 1.58.